The summed E-state index contributed by atoms with van der Waals surface area (Å²) in [6.07, 6.45) is 0.512. The molecule has 0 unspecified atom stereocenters. The Bertz CT molecular complexity index is 617. The van der Waals surface area contributed by atoms with Crippen LogP contribution in [-0.4, -0.2) is 19.6 Å². The highest BCUT2D eigenvalue weighted by molar-refractivity contribution is 14.0. The number of nitrogens with zero attached hydrogens (tertiary/aromatic N) is 1. The van der Waals surface area contributed by atoms with Crippen LogP contribution < -0.4 is 15.8 Å². The van der Waals surface area contributed by atoms with Crippen LogP contribution in [0.5, 0.6) is 5.75 Å². The Hall–Kier alpha value is -1.83. The van der Waals surface area contributed by atoms with Crippen molar-refractivity contribution in [3.05, 3.63) is 59.9 Å². The monoisotopic (exact) mass is 415 g/mol. The van der Waals surface area contributed by atoms with Crippen LogP contribution in [0.1, 0.15) is 5.56 Å². The Kier molecular flexibility index (Phi) is 7.65. The molecule has 0 aliphatic heterocycles. The number of benzene rings is 2. The standard InChI is InChI=1S/C16H18FN3O.HI/c1-21-14-8-6-13(7-9-14)20-16(18)19-11-10-12-4-2-3-5-15(12)17;/h2-9H,10-11H2,1H3,(H3,18,19,20);1H. The molecule has 0 aromatic heterocycles. The number of methoxy groups -OCH3 is 1. The van der Waals surface area contributed by atoms with Gasteiger partial charge in [-0.1, -0.05) is 18.2 Å². The first-order valence-corrected chi connectivity index (χ1v) is 6.63. The zero-order valence-electron chi connectivity index (χ0n) is 12.3. The molecule has 0 saturated carbocycles. The second-order valence-corrected chi connectivity index (χ2v) is 4.46. The number of hydrogen-bond acceptors (Lipinski definition) is 2. The quantitative estimate of drug-likeness (QED) is 0.447. The molecule has 6 heteroatoms. The SMILES string of the molecule is COc1ccc(NC(N)=NCCc2ccccc2F)cc1.I. The molecule has 0 aliphatic rings. The van der Waals surface area contributed by atoms with Crippen molar-refractivity contribution < 1.29 is 9.13 Å². The third-order valence-corrected chi connectivity index (χ3v) is 2.98. The maximum atomic E-state index is 13.4. The average molecular weight is 415 g/mol. The van der Waals surface area contributed by atoms with E-state index in [1.165, 1.54) is 6.07 Å². The predicted molar refractivity (Wildman–Crippen MR) is 98.6 cm³/mol. The molecule has 2 rings (SSSR count). The maximum absolute atomic E-state index is 13.4. The lowest BCUT2D eigenvalue weighted by molar-refractivity contribution is 0.415. The molecule has 0 heterocycles. The zero-order chi connectivity index (χ0) is 15.1. The van der Waals surface area contributed by atoms with E-state index in [0.717, 1.165) is 11.4 Å². The van der Waals surface area contributed by atoms with E-state index >= 15 is 0 Å². The smallest absolute Gasteiger partial charge is 0.193 e. The summed E-state index contributed by atoms with van der Waals surface area (Å²) in [4.78, 5) is 4.18. The summed E-state index contributed by atoms with van der Waals surface area (Å²) in [6, 6.07) is 14.0. The molecule has 22 heavy (non-hydrogen) atoms. The van der Waals surface area contributed by atoms with E-state index in [0.29, 0.717) is 24.5 Å². The molecule has 0 spiro atoms. The van der Waals surface area contributed by atoms with Gasteiger partial charge in [-0.2, -0.15) is 0 Å². The van der Waals surface area contributed by atoms with Gasteiger partial charge in [0.05, 0.1) is 7.11 Å². The van der Waals surface area contributed by atoms with Gasteiger partial charge in [0.25, 0.3) is 0 Å². The van der Waals surface area contributed by atoms with Crippen molar-refractivity contribution in [3.8, 4) is 5.75 Å². The third-order valence-electron chi connectivity index (χ3n) is 2.98. The first kappa shape index (κ1) is 18.2. The van der Waals surface area contributed by atoms with E-state index < -0.39 is 0 Å². The molecule has 0 atom stereocenters. The topological polar surface area (TPSA) is 59.6 Å². The molecule has 0 aliphatic carbocycles. The summed E-state index contributed by atoms with van der Waals surface area (Å²) < 4.78 is 18.5. The molecule has 118 valence electrons. The summed E-state index contributed by atoms with van der Waals surface area (Å²) in [5, 5.41) is 2.97. The highest BCUT2D eigenvalue weighted by atomic mass is 127. The van der Waals surface area contributed by atoms with Crippen molar-refractivity contribution in [2.75, 3.05) is 19.0 Å². The number of anilines is 1. The van der Waals surface area contributed by atoms with Gasteiger partial charge >= 0.3 is 0 Å². The summed E-state index contributed by atoms with van der Waals surface area (Å²) in [5.41, 5.74) is 7.25. The minimum atomic E-state index is -0.214. The number of halogens is 2. The van der Waals surface area contributed by atoms with Crippen LogP contribution in [0.25, 0.3) is 0 Å². The van der Waals surface area contributed by atoms with Crippen LogP contribution in [0.2, 0.25) is 0 Å². The van der Waals surface area contributed by atoms with E-state index in [4.69, 9.17) is 10.5 Å². The van der Waals surface area contributed by atoms with Crippen molar-refractivity contribution >= 4 is 35.6 Å². The lowest BCUT2D eigenvalue weighted by atomic mass is 10.1. The van der Waals surface area contributed by atoms with Crippen LogP contribution in [0.4, 0.5) is 10.1 Å². The summed E-state index contributed by atoms with van der Waals surface area (Å²) >= 11 is 0. The van der Waals surface area contributed by atoms with E-state index in [-0.39, 0.29) is 29.8 Å². The van der Waals surface area contributed by atoms with Crippen LogP contribution in [-0.2, 0) is 6.42 Å². The lowest BCUT2D eigenvalue weighted by Crippen LogP contribution is -2.23. The zero-order valence-corrected chi connectivity index (χ0v) is 14.6. The van der Waals surface area contributed by atoms with Crippen molar-refractivity contribution in [1.82, 2.24) is 0 Å². The average Bonchev–Trinajstić information content (AvgIpc) is 2.50. The normalized spacial score (nSPS) is 10.7. The number of guanidine groups is 1. The highest BCUT2D eigenvalue weighted by Crippen LogP contribution is 2.14. The van der Waals surface area contributed by atoms with Gasteiger partial charge in [0, 0.05) is 12.2 Å². The fourth-order valence-electron chi connectivity index (χ4n) is 1.86. The molecule has 0 radical (unpaired) electrons. The fraction of sp³-hybridized carbons (Fsp3) is 0.188. The van der Waals surface area contributed by atoms with Crippen LogP contribution in [0.15, 0.2) is 53.5 Å². The molecular weight excluding hydrogens is 396 g/mol. The maximum Gasteiger partial charge on any atom is 0.193 e. The Labute approximate surface area is 146 Å². The van der Waals surface area contributed by atoms with E-state index in [2.05, 4.69) is 10.3 Å². The minimum Gasteiger partial charge on any atom is -0.497 e. The van der Waals surface area contributed by atoms with Crippen molar-refractivity contribution in [1.29, 1.82) is 0 Å². The van der Waals surface area contributed by atoms with E-state index in [1.54, 1.807) is 25.3 Å². The van der Waals surface area contributed by atoms with Crippen molar-refractivity contribution in [2.45, 2.75) is 6.42 Å². The molecule has 2 aromatic rings. The lowest BCUT2D eigenvalue weighted by Gasteiger charge is -2.07. The Morgan fingerprint density at radius 1 is 1.18 bits per heavy atom. The van der Waals surface area contributed by atoms with Crippen molar-refractivity contribution in [2.24, 2.45) is 10.7 Å². The van der Waals surface area contributed by atoms with Gasteiger partial charge in [0.2, 0.25) is 0 Å². The van der Waals surface area contributed by atoms with E-state index in [1.807, 2.05) is 24.3 Å². The molecule has 0 fully saturated rings. The summed E-state index contributed by atoms with van der Waals surface area (Å²) in [6.45, 7) is 0.427. The molecule has 3 N–H and O–H groups in total. The summed E-state index contributed by atoms with van der Waals surface area (Å²) in [5.74, 6) is 0.863. The number of rotatable bonds is 5. The predicted octanol–water partition coefficient (Wildman–Crippen LogP) is 3.42. The molecular formula is C16H19FIN3O. The minimum absolute atomic E-state index is 0. The second kappa shape index (κ2) is 9.24. The molecule has 0 bridgehead atoms. The molecule has 4 nitrogen and oxygen atoms in total. The van der Waals surface area contributed by atoms with Gasteiger partial charge < -0.3 is 15.8 Å². The van der Waals surface area contributed by atoms with Crippen LogP contribution in [0, 0.1) is 5.82 Å². The Morgan fingerprint density at radius 2 is 1.86 bits per heavy atom. The van der Waals surface area contributed by atoms with E-state index in [9.17, 15) is 4.39 Å². The number of nitrogens with two attached hydrogens (primary N) is 1. The number of hydrogen-bond donors (Lipinski definition) is 2. The Balaban J connectivity index is 0.00000242. The van der Waals surface area contributed by atoms with Gasteiger partial charge in [-0.3, -0.25) is 4.99 Å². The first-order chi connectivity index (χ1) is 10.2. The van der Waals surface area contributed by atoms with Gasteiger partial charge in [-0.25, -0.2) is 4.39 Å². The Morgan fingerprint density at radius 3 is 2.50 bits per heavy atom. The van der Waals surface area contributed by atoms with Crippen LogP contribution in [0.3, 0.4) is 0 Å². The van der Waals surface area contributed by atoms with Crippen molar-refractivity contribution in [3.63, 3.8) is 0 Å². The molecule has 0 saturated heterocycles. The second-order valence-electron chi connectivity index (χ2n) is 4.46. The highest BCUT2D eigenvalue weighted by Gasteiger charge is 2.00. The third kappa shape index (κ3) is 5.51. The first-order valence-electron chi connectivity index (χ1n) is 6.63. The van der Waals surface area contributed by atoms with Gasteiger partial charge in [0.15, 0.2) is 5.96 Å². The largest absolute Gasteiger partial charge is 0.497 e. The van der Waals surface area contributed by atoms with Crippen LogP contribution >= 0.6 is 24.0 Å². The molecule has 0 amide bonds. The van der Waals surface area contributed by atoms with Gasteiger partial charge in [-0.05, 0) is 42.3 Å². The number of ether oxygens (including phenoxy) is 1. The summed E-state index contributed by atoms with van der Waals surface area (Å²) in [7, 11) is 1.61. The van der Waals surface area contributed by atoms with Gasteiger partial charge in [-0.15, -0.1) is 24.0 Å². The number of nitrogens with one attached hydrogen (secondary N) is 1. The fourth-order valence-corrected chi connectivity index (χ4v) is 1.86. The van der Waals surface area contributed by atoms with Gasteiger partial charge in [0.1, 0.15) is 11.6 Å². The number of aliphatic imine (C=N–C) groups is 1. The molecule has 2 aromatic carbocycles.